The number of pyridine rings is 1. The third kappa shape index (κ3) is 4.08. The zero-order valence-electron chi connectivity index (χ0n) is 13.5. The Morgan fingerprint density at radius 3 is 2.72 bits per heavy atom. The second kappa shape index (κ2) is 7.37. The standard InChI is InChI=1S/C18H17ClN4OS/c19-14-3-1-13(2-4-14)11-17-21-22-18(25-17)23-10-7-16(12-23)24-15-5-8-20-9-6-15/h1-6,8-9,16H,7,10-12H2. The smallest absolute Gasteiger partial charge is 0.208 e. The van der Waals surface area contributed by atoms with E-state index in [9.17, 15) is 0 Å². The zero-order chi connectivity index (χ0) is 17.1. The first-order chi connectivity index (χ1) is 12.3. The molecule has 5 nitrogen and oxygen atoms in total. The Morgan fingerprint density at radius 2 is 1.92 bits per heavy atom. The summed E-state index contributed by atoms with van der Waals surface area (Å²) in [4.78, 5) is 6.25. The predicted octanol–water partition coefficient (Wildman–Crippen LogP) is 3.84. The number of hydrogen-bond donors (Lipinski definition) is 0. The molecule has 0 spiro atoms. The van der Waals surface area contributed by atoms with E-state index in [0.717, 1.165) is 46.8 Å². The number of hydrogen-bond acceptors (Lipinski definition) is 6. The summed E-state index contributed by atoms with van der Waals surface area (Å²) in [6.07, 6.45) is 5.42. The number of rotatable bonds is 5. The fraction of sp³-hybridized carbons (Fsp3) is 0.278. The molecular formula is C18H17ClN4OS. The van der Waals surface area contributed by atoms with Crippen LogP contribution in [0.1, 0.15) is 17.0 Å². The molecule has 1 unspecified atom stereocenters. The normalized spacial score (nSPS) is 17.0. The lowest BCUT2D eigenvalue weighted by atomic mass is 10.2. The van der Waals surface area contributed by atoms with Crippen molar-refractivity contribution in [1.29, 1.82) is 0 Å². The first-order valence-electron chi connectivity index (χ1n) is 8.15. The quantitative estimate of drug-likeness (QED) is 0.681. The van der Waals surface area contributed by atoms with Gasteiger partial charge in [0.2, 0.25) is 5.13 Å². The summed E-state index contributed by atoms with van der Waals surface area (Å²) >= 11 is 7.57. The maximum atomic E-state index is 6.00. The number of benzene rings is 1. The Hall–Kier alpha value is -2.18. The van der Waals surface area contributed by atoms with Crippen LogP contribution in [0.4, 0.5) is 5.13 Å². The second-order valence-corrected chi connectivity index (χ2v) is 7.42. The summed E-state index contributed by atoms with van der Waals surface area (Å²) in [6, 6.07) is 11.6. The van der Waals surface area contributed by atoms with Gasteiger partial charge in [-0.2, -0.15) is 0 Å². The van der Waals surface area contributed by atoms with Crippen LogP contribution in [-0.4, -0.2) is 34.4 Å². The number of ether oxygens (including phenoxy) is 1. The molecule has 1 aromatic carbocycles. The average Bonchev–Trinajstić information content (AvgIpc) is 3.27. The summed E-state index contributed by atoms with van der Waals surface area (Å²) in [5, 5.41) is 11.4. The largest absolute Gasteiger partial charge is 0.488 e. The summed E-state index contributed by atoms with van der Waals surface area (Å²) in [5.74, 6) is 0.863. The predicted molar refractivity (Wildman–Crippen MR) is 99.7 cm³/mol. The molecule has 1 aliphatic heterocycles. The molecule has 7 heteroatoms. The topological polar surface area (TPSA) is 51.1 Å². The highest BCUT2D eigenvalue weighted by atomic mass is 35.5. The number of anilines is 1. The van der Waals surface area contributed by atoms with Crippen molar-refractivity contribution in [2.45, 2.75) is 18.9 Å². The van der Waals surface area contributed by atoms with Crippen LogP contribution in [-0.2, 0) is 6.42 Å². The molecule has 4 rings (SSSR count). The van der Waals surface area contributed by atoms with Gasteiger partial charge in [0.15, 0.2) is 0 Å². The fourth-order valence-electron chi connectivity index (χ4n) is 2.83. The maximum absolute atomic E-state index is 6.00. The Balaban J connectivity index is 1.37. The van der Waals surface area contributed by atoms with Crippen LogP contribution in [0.5, 0.6) is 5.75 Å². The molecule has 1 fully saturated rings. The van der Waals surface area contributed by atoms with Crippen molar-refractivity contribution in [2.75, 3.05) is 18.0 Å². The molecule has 0 bridgehead atoms. The van der Waals surface area contributed by atoms with Gasteiger partial charge in [-0.15, -0.1) is 10.2 Å². The molecular weight excluding hydrogens is 356 g/mol. The van der Waals surface area contributed by atoms with E-state index >= 15 is 0 Å². The van der Waals surface area contributed by atoms with Gasteiger partial charge in [0, 0.05) is 36.8 Å². The third-order valence-electron chi connectivity index (χ3n) is 4.09. The zero-order valence-corrected chi connectivity index (χ0v) is 15.1. The highest BCUT2D eigenvalue weighted by Crippen LogP contribution is 2.27. The third-order valence-corrected chi connectivity index (χ3v) is 5.33. The van der Waals surface area contributed by atoms with Crippen molar-refractivity contribution < 1.29 is 4.74 Å². The minimum atomic E-state index is 0.172. The molecule has 1 aliphatic rings. The monoisotopic (exact) mass is 372 g/mol. The SMILES string of the molecule is Clc1ccc(Cc2nnc(N3CCC(Oc4ccncc4)C3)s2)cc1. The molecule has 0 radical (unpaired) electrons. The van der Waals surface area contributed by atoms with Gasteiger partial charge in [-0.25, -0.2) is 0 Å². The van der Waals surface area contributed by atoms with E-state index in [-0.39, 0.29) is 6.10 Å². The fourth-order valence-corrected chi connectivity index (χ4v) is 3.86. The molecule has 3 aromatic rings. The van der Waals surface area contributed by atoms with Gasteiger partial charge in [0.05, 0.1) is 6.54 Å². The second-order valence-electron chi connectivity index (χ2n) is 5.94. The molecule has 0 saturated carbocycles. The first-order valence-corrected chi connectivity index (χ1v) is 9.34. The number of aromatic nitrogens is 3. The van der Waals surface area contributed by atoms with Crippen molar-refractivity contribution in [3.05, 3.63) is 64.4 Å². The van der Waals surface area contributed by atoms with Gasteiger partial charge in [-0.05, 0) is 29.8 Å². The van der Waals surface area contributed by atoms with Gasteiger partial charge in [0.1, 0.15) is 16.9 Å². The van der Waals surface area contributed by atoms with E-state index in [4.69, 9.17) is 16.3 Å². The average molecular weight is 373 g/mol. The summed E-state index contributed by atoms with van der Waals surface area (Å²) in [5.41, 5.74) is 1.19. The number of nitrogens with zero attached hydrogens (tertiary/aromatic N) is 4. The van der Waals surface area contributed by atoms with E-state index in [1.165, 1.54) is 5.56 Å². The van der Waals surface area contributed by atoms with Gasteiger partial charge in [-0.1, -0.05) is 35.1 Å². The summed E-state index contributed by atoms with van der Waals surface area (Å²) in [7, 11) is 0. The highest BCUT2D eigenvalue weighted by Gasteiger charge is 2.26. The van der Waals surface area contributed by atoms with Crippen molar-refractivity contribution in [2.24, 2.45) is 0 Å². The highest BCUT2D eigenvalue weighted by molar-refractivity contribution is 7.15. The van der Waals surface area contributed by atoms with Gasteiger partial charge >= 0.3 is 0 Å². The maximum Gasteiger partial charge on any atom is 0.208 e. The lowest BCUT2D eigenvalue weighted by molar-refractivity contribution is 0.224. The molecule has 1 atom stereocenters. The van der Waals surface area contributed by atoms with Gasteiger partial charge < -0.3 is 9.64 Å². The van der Waals surface area contributed by atoms with Crippen LogP contribution < -0.4 is 9.64 Å². The van der Waals surface area contributed by atoms with Crippen LogP contribution in [0, 0.1) is 0 Å². The molecule has 0 amide bonds. The van der Waals surface area contributed by atoms with Crippen LogP contribution in [0.25, 0.3) is 0 Å². The molecule has 2 aromatic heterocycles. The van der Waals surface area contributed by atoms with E-state index in [0.29, 0.717) is 0 Å². The minimum Gasteiger partial charge on any atom is -0.488 e. The Morgan fingerprint density at radius 1 is 1.12 bits per heavy atom. The molecule has 25 heavy (non-hydrogen) atoms. The molecule has 0 N–H and O–H groups in total. The van der Waals surface area contributed by atoms with Crippen LogP contribution in [0.2, 0.25) is 5.02 Å². The Bertz CT molecular complexity index is 825. The molecule has 0 aliphatic carbocycles. The first kappa shape index (κ1) is 16.3. The molecule has 3 heterocycles. The van der Waals surface area contributed by atoms with Crippen molar-refractivity contribution in [1.82, 2.24) is 15.2 Å². The van der Waals surface area contributed by atoms with E-state index < -0.39 is 0 Å². The Kier molecular flexibility index (Phi) is 4.81. The molecule has 1 saturated heterocycles. The lowest BCUT2D eigenvalue weighted by Gasteiger charge is -2.15. The van der Waals surface area contributed by atoms with Crippen molar-refractivity contribution in [3.63, 3.8) is 0 Å². The van der Waals surface area contributed by atoms with Crippen molar-refractivity contribution in [3.8, 4) is 5.75 Å². The van der Waals surface area contributed by atoms with Crippen LogP contribution >= 0.6 is 22.9 Å². The van der Waals surface area contributed by atoms with E-state index in [1.807, 2.05) is 36.4 Å². The van der Waals surface area contributed by atoms with Crippen LogP contribution in [0.3, 0.4) is 0 Å². The minimum absolute atomic E-state index is 0.172. The van der Waals surface area contributed by atoms with Crippen molar-refractivity contribution >= 4 is 28.1 Å². The summed E-state index contributed by atoms with van der Waals surface area (Å²) in [6.45, 7) is 1.77. The van der Waals surface area contributed by atoms with Gasteiger partial charge in [-0.3, -0.25) is 4.98 Å². The number of halogens is 1. The van der Waals surface area contributed by atoms with Gasteiger partial charge in [0.25, 0.3) is 0 Å². The lowest BCUT2D eigenvalue weighted by Crippen LogP contribution is -2.24. The van der Waals surface area contributed by atoms with Crippen LogP contribution in [0.15, 0.2) is 48.8 Å². The Labute approximate surface area is 155 Å². The summed E-state index contributed by atoms with van der Waals surface area (Å²) < 4.78 is 6.00. The van der Waals surface area contributed by atoms with E-state index in [1.54, 1.807) is 23.7 Å². The molecule has 128 valence electrons. The van der Waals surface area contributed by atoms with E-state index in [2.05, 4.69) is 20.1 Å².